The molecule has 2 atom stereocenters. The highest BCUT2D eigenvalue weighted by Gasteiger charge is 2.53. The van der Waals surface area contributed by atoms with Crippen molar-refractivity contribution >= 4 is 17.5 Å². The molecule has 12 heteroatoms. The van der Waals surface area contributed by atoms with Crippen molar-refractivity contribution in [3.63, 3.8) is 0 Å². The molecule has 3 aromatic rings. The van der Waals surface area contributed by atoms with Crippen LogP contribution in [0.15, 0.2) is 89.5 Å². The number of hydrogen-bond acceptors (Lipinski definition) is 9. The topological polar surface area (TPSA) is 159 Å². The van der Waals surface area contributed by atoms with E-state index < -0.39 is 17.6 Å². The Kier molecular flexibility index (Phi) is 10.6. The molecule has 1 aliphatic rings. The Morgan fingerprint density at radius 3 is 2.63 bits per heavy atom. The summed E-state index contributed by atoms with van der Waals surface area (Å²) in [6.45, 7) is 4.55. The fourth-order valence-electron chi connectivity index (χ4n) is 4.69. The lowest BCUT2D eigenvalue weighted by molar-refractivity contribution is -0.129. The zero-order chi connectivity index (χ0) is 30.7. The summed E-state index contributed by atoms with van der Waals surface area (Å²) in [4.78, 5) is 21.8. The molecule has 4 rings (SSSR count). The van der Waals surface area contributed by atoms with Gasteiger partial charge in [0, 0.05) is 59.3 Å². The molecule has 0 aromatic heterocycles. The third kappa shape index (κ3) is 7.07. The normalized spacial score (nSPS) is 17.2. The molecule has 43 heavy (non-hydrogen) atoms. The van der Waals surface area contributed by atoms with E-state index in [-0.39, 0.29) is 25.5 Å². The van der Waals surface area contributed by atoms with Crippen molar-refractivity contribution in [3.05, 3.63) is 107 Å². The Labute approximate surface area is 249 Å². The van der Waals surface area contributed by atoms with Crippen LogP contribution in [0.1, 0.15) is 35.6 Å². The van der Waals surface area contributed by atoms with Crippen LogP contribution in [0.3, 0.4) is 0 Å². The first kappa shape index (κ1) is 30.9. The van der Waals surface area contributed by atoms with Crippen molar-refractivity contribution in [2.75, 3.05) is 27.4 Å². The van der Waals surface area contributed by atoms with Gasteiger partial charge in [0.1, 0.15) is 17.2 Å². The third-order valence-electron chi connectivity index (χ3n) is 6.83. The largest absolute Gasteiger partial charge is 0.497 e. The van der Waals surface area contributed by atoms with Gasteiger partial charge in [0.05, 0.1) is 20.8 Å². The van der Waals surface area contributed by atoms with Crippen LogP contribution >= 0.6 is 0 Å². The molecule has 1 amide bonds. The predicted octanol–water partition coefficient (Wildman–Crippen LogP) is 5.06. The quantitative estimate of drug-likeness (QED) is 0.0560. The molecular weight excluding hydrogens is 552 g/mol. The molecule has 0 aliphatic carbocycles. The average Bonchev–Trinajstić information content (AvgIpc) is 3.42. The van der Waals surface area contributed by atoms with E-state index in [1.807, 2.05) is 6.07 Å². The van der Waals surface area contributed by atoms with E-state index in [1.165, 1.54) is 0 Å². The number of methoxy groups -OCH3 is 2. The second-order valence-corrected chi connectivity index (χ2v) is 9.52. The summed E-state index contributed by atoms with van der Waals surface area (Å²) in [6, 6.07) is 19.4. The predicted molar refractivity (Wildman–Crippen MR) is 161 cm³/mol. The molecule has 0 radical (unpaired) electrons. The first-order chi connectivity index (χ1) is 21.0. The Morgan fingerprint density at radius 2 is 1.93 bits per heavy atom. The number of carbonyl (C=O) groups excluding carboxylic acids is 1. The van der Waals surface area contributed by atoms with Crippen molar-refractivity contribution in [1.82, 2.24) is 10.9 Å². The minimum Gasteiger partial charge on any atom is -0.497 e. The van der Waals surface area contributed by atoms with Crippen LogP contribution in [-0.4, -0.2) is 49.9 Å². The molecule has 0 bridgehead atoms. The monoisotopic (exact) mass is 586 g/mol. The standard InChI is InChI=1S/C31H34N6O6/c1-4-16-31(30(39)36-33-20-22-12-15-24(40-2)19-27(22)41-3)28(25-8-5-6-9-26(25)35-37-32)43-29(34-31)21-10-13-23(14-11-21)42-18-7-17-38/h4-6,8-15,19,28,33,38H,1,7,16-18,20H2,2-3H3,(H,36,39)/t28-,31-/m0/s1. The molecule has 3 aromatic carbocycles. The second-order valence-electron chi connectivity index (χ2n) is 9.52. The second kappa shape index (κ2) is 14.7. The van der Waals surface area contributed by atoms with Crippen LogP contribution in [0, 0.1) is 0 Å². The smallest absolute Gasteiger partial charge is 0.266 e. The molecule has 1 aliphatic heterocycles. The molecule has 1 heterocycles. The van der Waals surface area contributed by atoms with Crippen LogP contribution in [-0.2, 0) is 16.1 Å². The van der Waals surface area contributed by atoms with Gasteiger partial charge in [0.15, 0.2) is 11.6 Å². The number of ether oxygens (including phenoxy) is 4. The minimum absolute atomic E-state index is 0.0391. The van der Waals surface area contributed by atoms with Crippen molar-refractivity contribution < 1.29 is 28.8 Å². The minimum atomic E-state index is -1.49. The van der Waals surface area contributed by atoms with Gasteiger partial charge in [-0.25, -0.2) is 10.4 Å². The Hall–Kier alpha value is -5.03. The van der Waals surface area contributed by atoms with Gasteiger partial charge >= 0.3 is 0 Å². The molecule has 0 saturated heterocycles. The highest BCUT2D eigenvalue weighted by atomic mass is 16.5. The fourth-order valence-corrected chi connectivity index (χ4v) is 4.69. The number of nitrogens with zero attached hydrogens (tertiary/aromatic N) is 4. The molecule has 224 valence electrons. The fraction of sp³-hybridized carbons (Fsp3) is 0.290. The third-order valence-corrected chi connectivity index (χ3v) is 6.83. The maximum atomic E-state index is 14.0. The van der Waals surface area contributed by atoms with E-state index in [9.17, 15) is 10.3 Å². The summed E-state index contributed by atoms with van der Waals surface area (Å²) in [5.41, 5.74) is 15.7. The Bertz CT molecular complexity index is 1500. The van der Waals surface area contributed by atoms with Crippen LogP contribution in [0.2, 0.25) is 0 Å². The summed E-state index contributed by atoms with van der Waals surface area (Å²) >= 11 is 0. The van der Waals surface area contributed by atoms with Crippen molar-refractivity contribution in [2.24, 2.45) is 10.1 Å². The zero-order valence-electron chi connectivity index (χ0n) is 24.0. The number of hydrogen-bond donors (Lipinski definition) is 3. The maximum Gasteiger partial charge on any atom is 0.266 e. The van der Waals surface area contributed by atoms with E-state index in [2.05, 4.69) is 27.5 Å². The molecule has 0 unspecified atom stereocenters. The lowest BCUT2D eigenvalue weighted by Crippen LogP contribution is -2.52. The molecule has 0 saturated carbocycles. The molecule has 0 fully saturated rings. The summed E-state index contributed by atoms with van der Waals surface area (Å²) in [7, 11) is 3.13. The van der Waals surface area contributed by atoms with Gasteiger partial charge < -0.3 is 24.1 Å². The number of hydrazine groups is 1. The maximum absolute atomic E-state index is 14.0. The van der Waals surface area contributed by atoms with E-state index in [0.717, 1.165) is 5.56 Å². The molecule has 3 N–H and O–H groups in total. The van der Waals surface area contributed by atoms with Crippen molar-refractivity contribution in [3.8, 4) is 17.2 Å². The first-order valence-electron chi connectivity index (χ1n) is 13.6. The SMILES string of the molecule is C=CC[C@]1(C(=O)NNCc2ccc(OC)cc2OC)N=C(c2ccc(OCCCO)cc2)O[C@H]1c1ccccc1N=[N+]=[N-]. The van der Waals surface area contributed by atoms with Gasteiger partial charge in [-0.15, -0.1) is 6.58 Å². The van der Waals surface area contributed by atoms with Gasteiger partial charge in [-0.3, -0.25) is 10.2 Å². The van der Waals surface area contributed by atoms with Gasteiger partial charge in [-0.2, -0.15) is 0 Å². The number of amides is 1. The number of aliphatic hydroxyl groups excluding tert-OH is 1. The van der Waals surface area contributed by atoms with Crippen LogP contribution < -0.4 is 25.1 Å². The van der Waals surface area contributed by atoms with Crippen molar-refractivity contribution in [1.29, 1.82) is 0 Å². The Balaban J connectivity index is 1.66. The zero-order valence-corrected chi connectivity index (χ0v) is 24.0. The number of nitrogens with one attached hydrogen (secondary N) is 2. The molecule has 0 spiro atoms. The van der Waals surface area contributed by atoms with Crippen LogP contribution in [0.25, 0.3) is 10.4 Å². The summed E-state index contributed by atoms with van der Waals surface area (Å²) < 4.78 is 22.8. The highest BCUT2D eigenvalue weighted by Crippen LogP contribution is 2.45. The molecular formula is C31H34N6O6. The molecule has 12 nitrogen and oxygen atoms in total. The number of benzene rings is 3. The average molecular weight is 587 g/mol. The summed E-state index contributed by atoms with van der Waals surface area (Å²) in [5.74, 6) is 1.62. The van der Waals surface area contributed by atoms with E-state index >= 15 is 0 Å². The van der Waals surface area contributed by atoms with Crippen LogP contribution in [0.5, 0.6) is 17.2 Å². The number of aliphatic imine (C=N–C) groups is 1. The number of carbonyl (C=O) groups is 1. The number of aliphatic hydroxyl groups is 1. The summed E-state index contributed by atoms with van der Waals surface area (Å²) in [5, 5.41) is 12.8. The Morgan fingerprint density at radius 1 is 1.16 bits per heavy atom. The van der Waals surface area contributed by atoms with Gasteiger partial charge in [-0.1, -0.05) is 41.5 Å². The lowest BCUT2D eigenvalue weighted by atomic mass is 9.84. The van der Waals surface area contributed by atoms with Crippen LogP contribution in [0.4, 0.5) is 5.69 Å². The highest BCUT2D eigenvalue weighted by molar-refractivity contribution is 6.01. The summed E-state index contributed by atoms with van der Waals surface area (Å²) in [6.07, 6.45) is 1.29. The lowest BCUT2D eigenvalue weighted by Gasteiger charge is -2.30. The van der Waals surface area contributed by atoms with Gasteiger partial charge in [-0.05, 0) is 35.9 Å². The van der Waals surface area contributed by atoms with E-state index in [0.29, 0.717) is 47.1 Å². The first-order valence-corrected chi connectivity index (χ1v) is 13.6. The van der Waals surface area contributed by atoms with Gasteiger partial charge in [0.25, 0.3) is 5.91 Å². The van der Waals surface area contributed by atoms with E-state index in [4.69, 9.17) is 29.0 Å². The number of azide groups is 1. The van der Waals surface area contributed by atoms with Crippen molar-refractivity contribution in [2.45, 2.75) is 31.0 Å². The number of rotatable bonds is 15. The van der Waals surface area contributed by atoms with Gasteiger partial charge in [0.2, 0.25) is 5.90 Å². The van der Waals surface area contributed by atoms with E-state index in [1.54, 1.807) is 81.0 Å².